The fraction of sp³-hybridized carbons (Fsp3) is 0.423. The van der Waals surface area contributed by atoms with Crippen LogP contribution in [0.1, 0.15) is 44.4 Å². The molecule has 0 fully saturated rings. The van der Waals surface area contributed by atoms with Crippen LogP contribution in [0.15, 0.2) is 36.4 Å². The Bertz CT molecular complexity index is 1150. The highest BCUT2D eigenvalue weighted by atomic mass is 35.5. The molecule has 36 heavy (non-hydrogen) atoms. The predicted octanol–water partition coefficient (Wildman–Crippen LogP) is 4.24. The third-order valence-electron chi connectivity index (χ3n) is 5.73. The van der Waals surface area contributed by atoms with E-state index in [1.807, 2.05) is 13.8 Å². The number of aliphatic carboxylic acids is 1. The van der Waals surface area contributed by atoms with Gasteiger partial charge >= 0.3 is 11.9 Å². The van der Waals surface area contributed by atoms with Gasteiger partial charge in [0.1, 0.15) is 12.2 Å². The van der Waals surface area contributed by atoms with E-state index in [0.29, 0.717) is 33.3 Å². The lowest BCUT2D eigenvalue weighted by molar-refractivity contribution is -0.147. The number of carbonyl (C=O) groups excluding carboxylic acids is 2. The number of fused-ring (bicyclic) bond motifs is 1. The van der Waals surface area contributed by atoms with E-state index in [0.717, 1.165) is 0 Å². The number of carbonyl (C=O) groups is 3. The molecule has 1 aliphatic rings. The molecule has 0 aliphatic carbocycles. The summed E-state index contributed by atoms with van der Waals surface area (Å²) in [6.45, 7) is 5.20. The van der Waals surface area contributed by atoms with Crippen LogP contribution in [0.3, 0.4) is 0 Å². The number of para-hydroxylation sites is 1. The number of hydrogen-bond donors (Lipinski definition) is 1. The van der Waals surface area contributed by atoms with Crippen molar-refractivity contribution in [3.8, 4) is 11.5 Å². The highest BCUT2D eigenvalue weighted by molar-refractivity contribution is 6.30. The number of benzene rings is 2. The summed E-state index contributed by atoms with van der Waals surface area (Å²) in [4.78, 5) is 38.3. The topological polar surface area (TPSA) is 112 Å². The van der Waals surface area contributed by atoms with Gasteiger partial charge in [0.2, 0.25) is 0 Å². The Hall–Kier alpha value is -3.30. The van der Waals surface area contributed by atoms with Crippen molar-refractivity contribution in [1.82, 2.24) is 0 Å². The third kappa shape index (κ3) is 6.09. The molecule has 0 saturated carbocycles. The summed E-state index contributed by atoms with van der Waals surface area (Å²) in [5.74, 6) is -1.31. The first-order chi connectivity index (χ1) is 17.0. The number of anilines is 1. The van der Waals surface area contributed by atoms with E-state index in [1.54, 1.807) is 36.4 Å². The fourth-order valence-electron chi connectivity index (χ4n) is 4.16. The van der Waals surface area contributed by atoms with E-state index < -0.39 is 41.9 Å². The van der Waals surface area contributed by atoms with Gasteiger partial charge in [-0.05, 0) is 24.3 Å². The first-order valence-corrected chi connectivity index (χ1v) is 11.7. The minimum atomic E-state index is -1.31. The Morgan fingerprint density at radius 2 is 1.86 bits per heavy atom. The number of amides is 1. The molecule has 1 amide bonds. The van der Waals surface area contributed by atoms with Crippen molar-refractivity contribution >= 4 is 35.1 Å². The van der Waals surface area contributed by atoms with Crippen LogP contribution in [0, 0.1) is 5.41 Å². The smallest absolute Gasteiger partial charge is 0.306 e. The summed E-state index contributed by atoms with van der Waals surface area (Å²) >= 11 is 6.37. The van der Waals surface area contributed by atoms with E-state index >= 15 is 0 Å². The molecule has 0 radical (unpaired) electrons. The van der Waals surface area contributed by atoms with Crippen molar-refractivity contribution < 1.29 is 38.4 Å². The van der Waals surface area contributed by atoms with Gasteiger partial charge in [-0.15, -0.1) is 0 Å². The van der Waals surface area contributed by atoms with Crippen molar-refractivity contribution in [2.24, 2.45) is 5.41 Å². The molecule has 1 heterocycles. The number of hydrogen-bond acceptors (Lipinski definition) is 7. The summed E-state index contributed by atoms with van der Waals surface area (Å²) < 4.78 is 22.5. The van der Waals surface area contributed by atoms with Gasteiger partial charge in [0.25, 0.3) is 5.91 Å². The lowest BCUT2D eigenvalue weighted by atomic mass is 9.92. The van der Waals surface area contributed by atoms with E-state index in [4.69, 9.17) is 30.5 Å². The minimum Gasteiger partial charge on any atom is -0.493 e. The molecule has 0 saturated heterocycles. The van der Waals surface area contributed by atoms with Crippen LogP contribution in [0.4, 0.5) is 5.69 Å². The molecule has 9 nitrogen and oxygen atoms in total. The Kier molecular flexibility index (Phi) is 8.47. The Labute approximate surface area is 214 Å². The highest BCUT2D eigenvalue weighted by Crippen LogP contribution is 2.45. The van der Waals surface area contributed by atoms with E-state index in [1.165, 1.54) is 26.0 Å². The van der Waals surface area contributed by atoms with Crippen LogP contribution in [0.2, 0.25) is 5.02 Å². The summed E-state index contributed by atoms with van der Waals surface area (Å²) in [5.41, 5.74) is 0.950. The van der Waals surface area contributed by atoms with Gasteiger partial charge in [0.15, 0.2) is 11.5 Å². The van der Waals surface area contributed by atoms with Crippen molar-refractivity contribution in [3.63, 3.8) is 0 Å². The van der Waals surface area contributed by atoms with Gasteiger partial charge in [-0.1, -0.05) is 37.6 Å². The summed E-state index contributed by atoms with van der Waals surface area (Å²) in [6, 6.07) is 10.3. The molecular formula is C26H30ClNO8. The summed E-state index contributed by atoms with van der Waals surface area (Å²) in [5, 5.41) is 9.98. The zero-order chi connectivity index (χ0) is 26.6. The molecule has 2 aromatic rings. The van der Waals surface area contributed by atoms with Gasteiger partial charge in [0.05, 0.1) is 27.2 Å². The van der Waals surface area contributed by atoms with E-state index in [9.17, 15) is 19.5 Å². The number of rotatable bonds is 9. The summed E-state index contributed by atoms with van der Waals surface area (Å²) in [6.07, 6.45) is -2.75. The van der Waals surface area contributed by atoms with Crippen LogP contribution in [-0.4, -0.2) is 56.4 Å². The van der Waals surface area contributed by atoms with Gasteiger partial charge in [-0.3, -0.25) is 14.4 Å². The van der Waals surface area contributed by atoms with E-state index in [2.05, 4.69) is 0 Å². The highest BCUT2D eigenvalue weighted by Gasteiger charge is 2.41. The monoisotopic (exact) mass is 519 g/mol. The molecule has 0 aromatic heterocycles. The predicted molar refractivity (Wildman–Crippen MR) is 133 cm³/mol. The standard InChI is InChI=1S/C26H30ClNO8/c1-15(29)35-14-26(2,3)13-28-19-10-9-16(27)11-18(19)23(36-21(25(28)32)12-22(30)31)17-7-6-8-20(33-4)24(17)34-5/h6-11,21,23H,12-14H2,1-5H3,(H,30,31)/t21-,23-/m0/s1. The average Bonchev–Trinajstić information content (AvgIpc) is 2.92. The quantitative estimate of drug-likeness (QED) is 0.489. The van der Waals surface area contributed by atoms with Crippen LogP contribution < -0.4 is 14.4 Å². The van der Waals surface area contributed by atoms with Crippen LogP contribution in [0.25, 0.3) is 0 Å². The number of esters is 1. The molecule has 0 spiro atoms. The van der Waals surface area contributed by atoms with Gasteiger partial charge in [-0.2, -0.15) is 0 Å². The summed E-state index contributed by atoms with van der Waals surface area (Å²) in [7, 11) is 2.99. The van der Waals surface area contributed by atoms with Crippen LogP contribution in [-0.2, 0) is 23.9 Å². The van der Waals surface area contributed by atoms with Crippen molar-refractivity contribution in [3.05, 3.63) is 52.5 Å². The molecule has 1 aliphatic heterocycles. The fourth-order valence-corrected chi connectivity index (χ4v) is 4.34. The maximum atomic E-state index is 13.7. The van der Waals surface area contributed by atoms with Crippen LogP contribution >= 0.6 is 11.6 Å². The molecule has 10 heteroatoms. The second kappa shape index (κ2) is 11.2. The molecule has 3 rings (SSSR count). The molecular weight excluding hydrogens is 490 g/mol. The van der Waals surface area contributed by atoms with Gasteiger partial charge in [-0.25, -0.2) is 0 Å². The van der Waals surface area contributed by atoms with Crippen molar-refractivity contribution in [2.75, 3.05) is 32.3 Å². The molecule has 2 aromatic carbocycles. The normalized spacial score (nSPS) is 17.7. The number of halogens is 1. The van der Waals surface area contributed by atoms with Crippen LogP contribution in [0.5, 0.6) is 11.5 Å². The third-order valence-corrected chi connectivity index (χ3v) is 5.97. The first-order valence-electron chi connectivity index (χ1n) is 11.3. The SMILES string of the molecule is COc1cccc([C@@H]2O[C@@H](CC(=O)O)C(=O)N(CC(C)(C)COC(C)=O)c3ccc(Cl)cc32)c1OC. The number of carboxylic acid groups (broad SMARTS) is 1. The lowest BCUT2D eigenvalue weighted by Crippen LogP contribution is -2.46. The minimum absolute atomic E-state index is 0.0621. The zero-order valence-corrected chi connectivity index (χ0v) is 21.6. The molecule has 194 valence electrons. The van der Waals surface area contributed by atoms with Crippen molar-refractivity contribution in [2.45, 2.75) is 39.4 Å². The van der Waals surface area contributed by atoms with Gasteiger partial charge in [0, 0.05) is 40.7 Å². The average molecular weight is 520 g/mol. The Morgan fingerprint density at radius 3 is 2.47 bits per heavy atom. The zero-order valence-electron chi connectivity index (χ0n) is 20.9. The number of ether oxygens (including phenoxy) is 4. The number of methoxy groups -OCH3 is 2. The maximum absolute atomic E-state index is 13.7. The maximum Gasteiger partial charge on any atom is 0.306 e. The van der Waals surface area contributed by atoms with Gasteiger partial charge < -0.3 is 29.0 Å². The molecule has 1 N–H and O–H groups in total. The number of nitrogens with zero attached hydrogens (tertiary/aromatic N) is 1. The molecule has 2 atom stereocenters. The Morgan fingerprint density at radius 1 is 1.14 bits per heavy atom. The second-order valence-electron chi connectivity index (χ2n) is 9.26. The lowest BCUT2D eigenvalue weighted by Gasteiger charge is -2.33. The second-order valence-corrected chi connectivity index (χ2v) is 9.69. The largest absolute Gasteiger partial charge is 0.493 e. The molecule has 0 bridgehead atoms. The van der Waals surface area contributed by atoms with Crippen molar-refractivity contribution in [1.29, 1.82) is 0 Å². The molecule has 0 unspecified atom stereocenters. The number of carboxylic acids is 1. The Balaban J connectivity index is 2.20. The van der Waals surface area contributed by atoms with E-state index in [-0.39, 0.29) is 13.2 Å². The first kappa shape index (κ1) is 27.3.